The number of nitrogens with zero attached hydrogens (tertiary/aromatic N) is 2. The Labute approximate surface area is 146 Å². The molecule has 1 amide bonds. The van der Waals surface area contributed by atoms with Crippen LogP contribution in [-0.4, -0.2) is 36.2 Å². The first-order valence-electron chi connectivity index (χ1n) is 8.24. The van der Waals surface area contributed by atoms with Gasteiger partial charge in [0.15, 0.2) is 0 Å². The number of hydrogen-bond donors (Lipinski definition) is 1. The fourth-order valence-electron chi connectivity index (χ4n) is 2.91. The second kappa shape index (κ2) is 7.77. The summed E-state index contributed by atoms with van der Waals surface area (Å²) in [5.74, 6) is 1.00. The van der Waals surface area contributed by atoms with Crippen LogP contribution in [0.25, 0.3) is 0 Å². The quantitative estimate of drug-likeness (QED) is 0.905. The average Bonchev–Trinajstić information content (AvgIpc) is 3.05. The van der Waals surface area contributed by atoms with Crippen LogP contribution in [0.5, 0.6) is 0 Å². The molecule has 0 aliphatic carbocycles. The molecular weight excluding hydrogens is 322 g/mol. The van der Waals surface area contributed by atoms with E-state index in [4.69, 9.17) is 4.74 Å². The second-order valence-corrected chi connectivity index (χ2v) is 7.25. The van der Waals surface area contributed by atoms with E-state index in [0.717, 1.165) is 29.3 Å². The van der Waals surface area contributed by atoms with Crippen molar-refractivity contribution in [2.75, 3.05) is 18.0 Å². The van der Waals surface area contributed by atoms with Crippen molar-refractivity contribution >= 4 is 23.1 Å². The fourth-order valence-corrected chi connectivity index (χ4v) is 3.61. The summed E-state index contributed by atoms with van der Waals surface area (Å²) in [6.07, 6.45) is 2.71. The van der Waals surface area contributed by atoms with Gasteiger partial charge in [-0.05, 0) is 36.9 Å². The van der Waals surface area contributed by atoms with Gasteiger partial charge in [-0.3, -0.25) is 4.79 Å². The number of aromatic nitrogens is 1. The number of carbonyl (C=O) groups is 1. The van der Waals surface area contributed by atoms with Gasteiger partial charge in [-0.25, -0.2) is 4.98 Å². The standard InChI is InChI=1S/C18H23N3O2S/c1-13-11-21(12-14(2)23-13)17-6-5-15(9-19-17)10-20-18(22)8-16-4-3-7-24-16/h3-7,9,13-14H,8,10-12H2,1-2H3,(H,20,22)/t13-,14+. The maximum atomic E-state index is 11.9. The lowest BCUT2D eigenvalue weighted by Gasteiger charge is -2.36. The maximum Gasteiger partial charge on any atom is 0.225 e. The summed E-state index contributed by atoms with van der Waals surface area (Å²) in [6.45, 7) is 6.39. The Morgan fingerprint density at radius 3 is 2.75 bits per heavy atom. The van der Waals surface area contributed by atoms with Crippen molar-refractivity contribution in [3.63, 3.8) is 0 Å². The van der Waals surface area contributed by atoms with Crippen molar-refractivity contribution in [3.05, 3.63) is 46.3 Å². The Hall–Kier alpha value is -1.92. The van der Waals surface area contributed by atoms with Crippen molar-refractivity contribution in [2.24, 2.45) is 0 Å². The Morgan fingerprint density at radius 2 is 2.12 bits per heavy atom. The molecule has 128 valence electrons. The fraction of sp³-hybridized carbons (Fsp3) is 0.444. The van der Waals surface area contributed by atoms with Gasteiger partial charge in [0.05, 0.1) is 18.6 Å². The van der Waals surface area contributed by atoms with Crippen molar-refractivity contribution in [3.8, 4) is 0 Å². The molecule has 1 saturated heterocycles. The van der Waals surface area contributed by atoms with Crippen molar-refractivity contribution in [2.45, 2.75) is 39.0 Å². The Kier molecular flexibility index (Phi) is 5.48. The molecule has 0 bridgehead atoms. The molecule has 3 heterocycles. The second-order valence-electron chi connectivity index (χ2n) is 6.22. The van der Waals surface area contributed by atoms with E-state index in [2.05, 4.69) is 29.0 Å². The lowest BCUT2D eigenvalue weighted by atomic mass is 10.2. The summed E-state index contributed by atoms with van der Waals surface area (Å²) in [6, 6.07) is 7.98. The van der Waals surface area contributed by atoms with Crippen LogP contribution >= 0.6 is 11.3 Å². The van der Waals surface area contributed by atoms with Gasteiger partial charge in [-0.15, -0.1) is 11.3 Å². The molecule has 0 aromatic carbocycles. The largest absolute Gasteiger partial charge is 0.372 e. The van der Waals surface area contributed by atoms with Gasteiger partial charge in [0.25, 0.3) is 0 Å². The summed E-state index contributed by atoms with van der Waals surface area (Å²) in [5.41, 5.74) is 1.01. The molecule has 1 N–H and O–H groups in total. The minimum Gasteiger partial charge on any atom is -0.372 e. The first-order valence-corrected chi connectivity index (χ1v) is 9.12. The van der Waals surface area contributed by atoms with E-state index in [1.807, 2.05) is 35.8 Å². The van der Waals surface area contributed by atoms with Crippen LogP contribution in [0.3, 0.4) is 0 Å². The van der Waals surface area contributed by atoms with Gasteiger partial charge < -0.3 is 15.0 Å². The van der Waals surface area contributed by atoms with Gasteiger partial charge in [0.1, 0.15) is 5.82 Å². The van der Waals surface area contributed by atoms with Crippen molar-refractivity contribution < 1.29 is 9.53 Å². The highest BCUT2D eigenvalue weighted by atomic mass is 32.1. The number of thiophene rings is 1. The van der Waals surface area contributed by atoms with E-state index < -0.39 is 0 Å². The molecule has 6 heteroatoms. The number of carbonyl (C=O) groups excluding carboxylic acids is 1. The van der Waals surface area contributed by atoms with Gasteiger partial charge in [-0.1, -0.05) is 12.1 Å². The highest BCUT2D eigenvalue weighted by molar-refractivity contribution is 7.10. The molecule has 0 spiro atoms. The zero-order chi connectivity index (χ0) is 16.9. The van der Waals surface area contributed by atoms with Crippen LogP contribution in [0.15, 0.2) is 35.8 Å². The van der Waals surface area contributed by atoms with Crippen LogP contribution in [0, 0.1) is 0 Å². The molecule has 1 fully saturated rings. The summed E-state index contributed by atoms with van der Waals surface area (Å²) in [7, 11) is 0. The molecule has 0 radical (unpaired) electrons. The van der Waals surface area contributed by atoms with Gasteiger partial charge >= 0.3 is 0 Å². The maximum absolute atomic E-state index is 11.9. The Balaban J connectivity index is 1.52. The number of anilines is 1. The third-order valence-electron chi connectivity index (χ3n) is 3.96. The lowest BCUT2D eigenvalue weighted by Crippen LogP contribution is -2.45. The smallest absolute Gasteiger partial charge is 0.225 e. The molecule has 1 aliphatic heterocycles. The molecule has 0 saturated carbocycles. The molecule has 24 heavy (non-hydrogen) atoms. The number of rotatable bonds is 5. The van der Waals surface area contributed by atoms with E-state index in [1.54, 1.807) is 11.3 Å². The Morgan fingerprint density at radius 1 is 1.33 bits per heavy atom. The first kappa shape index (κ1) is 16.9. The predicted molar refractivity (Wildman–Crippen MR) is 96.3 cm³/mol. The van der Waals surface area contributed by atoms with Crippen LogP contribution in [0.1, 0.15) is 24.3 Å². The van der Waals surface area contributed by atoms with Gasteiger partial charge in [0.2, 0.25) is 5.91 Å². The normalized spacial score (nSPS) is 20.8. The third-order valence-corrected chi connectivity index (χ3v) is 4.83. The zero-order valence-corrected chi connectivity index (χ0v) is 14.9. The predicted octanol–water partition coefficient (Wildman–Crippen LogP) is 2.62. The topological polar surface area (TPSA) is 54.5 Å². The van der Waals surface area contributed by atoms with Crippen molar-refractivity contribution in [1.82, 2.24) is 10.3 Å². The minimum absolute atomic E-state index is 0.0392. The number of pyridine rings is 1. The van der Waals surface area contributed by atoms with E-state index in [9.17, 15) is 4.79 Å². The molecule has 3 rings (SSSR count). The minimum atomic E-state index is 0.0392. The molecule has 2 aromatic rings. The molecule has 5 nitrogen and oxygen atoms in total. The van der Waals surface area contributed by atoms with E-state index in [1.165, 1.54) is 0 Å². The zero-order valence-electron chi connectivity index (χ0n) is 14.1. The summed E-state index contributed by atoms with van der Waals surface area (Å²) >= 11 is 1.60. The molecule has 2 aromatic heterocycles. The summed E-state index contributed by atoms with van der Waals surface area (Å²) in [4.78, 5) is 19.8. The number of morpholine rings is 1. The SMILES string of the molecule is C[C@@H]1CN(c2ccc(CNC(=O)Cc3cccs3)cn2)C[C@H](C)O1. The van der Waals surface area contributed by atoms with Crippen molar-refractivity contribution in [1.29, 1.82) is 0 Å². The average molecular weight is 345 g/mol. The molecule has 0 unspecified atom stereocenters. The van der Waals surface area contributed by atoms with Crippen LogP contribution in [0.2, 0.25) is 0 Å². The summed E-state index contributed by atoms with van der Waals surface area (Å²) in [5, 5.41) is 4.93. The van der Waals surface area contributed by atoms with E-state index in [-0.39, 0.29) is 18.1 Å². The third kappa shape index (κ3) is 4.55. The lowest BCUT2D eigenvalue weighted by molar-refractivity contribution is -0.120. The van der Waals surface area contributed by atoms with Crippen LogP contribution in [0.4, 0.5) is 5.82 Å². The monoisotopic (exact) mass is 345 g/mol. The molecule has 1 aliphatic rings. The number of amides is 1. The molecular formula is C18H23N3O2S. The van der Waals surface area contributed by atoms with Crippen LogP contribution in [-0.2, 0) is 22.5 Å². The Bertz CT molecular complexity index is 647. The van der Waals surface area contributed by atoms with Gasteiger partial charge in [-0.2, -0.15) is 0 Å². The van der Waals surface area contributed by atoms with Crippen LogP contribution < -0.4 is 10.2 Å². The first-order chi connectivity index (χ1) is 11.6. The van der Waals surface area contributed by atoms with Gasteiger partial charge in [0, 0.05) is 30.7 Å². The number of ether oxygens (including phenoxy) is 1. The molecule has 2 atom stereocenters. The highest BCUT2D eigenvalue weighted by Gasteiger charge is 2.22. The van der Waals surface area contributed by atoms with E-state index >= 15 is 0 Å². The van der Waals surface area contributed by atoms with E-state index in [0.29, 0.717) is 13.0 Å². The highest BCUT2D eigenvalue weighted by Crippen LogP contribution is 2.18. The number of hydrogen-bond acceptors (Lipinski definition) is 5. The summed E-state index contributed by atoms with van der Waals surface area (Å²) < 4.78 is 5.75. The number of nitrogens with one attached hydrogen (secondary N) is 1.